The van der Waals surface area contributed by atoms with Crippen LogP contribution in [0.1, 0.15) is 44.1 Å². The Morgan fingerprint density at radius 3 is 1.88 bits per heavy atom. The van der Waals surface area contributed by atoms with Crippen LogP contribution in [0.4, 0.5) is 0 Å². The van der Waals surface area contributed by atoms with Crippen LogP contribution in [0.25, 0.3) is 0 Å². The number of amides is 6. The van der Waals surface area contributed by atoms with Crippen molar-refractivity contribution < 1.29 is 87.5 Å². The van der Waals surface area contributed by atoms with Gasteiger partial charge in [0.25, 0.3) is 17.6 Å². The van der Waals surface area contributed by atoms with Gasteiger partial charge >= 0.3 is 5.97 Å². The monoisotopic (exact) mass is 959 g/mol. The molecule has 23 nitrogen and oxygen atoms in total. The first kappa shape index (κ1) is 55.7. The van der Waals surface area contributed by atoms with Crippen LogP contribution >= 0.6 is 11.6 Å². The molecule has 0 radical (unpaired) electrons. The van der Waals surface area contributed by atoms with Crippen molar-refractivity contribution >= 4 is 53.0 Å². The number of nitrogens with one attached hydrogen (secondary N) is 4. The molecule has 1 saturated heterocycles. The highest BCUT2D eigenvalue weighted by Gasteiger charge is 2.55. The first-order valence-corrected chi connectivity index (χ1v) is 21.9. The van der Waals surface area contributed by atoms with E-state index in [1.807, 2.05) is 0 Å². The minimum Gasteiger partial charge on any atom is -0.477 e. The third-order valence-corrected chi connectivity index (χ3v) is 10.2. The number of nitrogens with zero attached hydrogens (tertiary/aromatic N) is 1. The van der Waals surface area contributed by atoms with Crippen LogP contribution < -0.4 is 21.3 Å². The van der Waals surface area contributed by atoms with Crippen molar-refractivity contribution in [2.45, 2.75) is 81.2 Å². The van der Waals surface area contributed by atoms with E-state index < -0.39 is 85.4 Å². The third-order valence-electron chi connectivity index (χ3n) is 9.99. The zero-order chi connectivity index (χ0) is 48.3. The molecule has 3 rings (SSSR count). The summed E-state index contributed by atoms with van der Waals surface area (Å²) in [6.45, 7) is 1.30. The maximum atomic E-state index is 12.5. The zero-order valence-electron chi connectivity index (χ0n) is 36.6. The molecule has 0 spiro atoms. The summed E-state index contributed by atoms with van der Waals surface area (Å²) in [6.07, 6.45) is -4.29. The molecule has 0 saturated carbocycles. The Balaban J connectivity index is 1.22. The molecule has 9 N–H and O–H groups in total. The lowest BCUT2D eigenvalue weighted by molar-refractivity contribution is -0.310. The lowest BCUT2D eigenvalue weighted by atomic mass is 9.88. The summed E-state index contributed by atoms with van der Waals surface area (Å²) in [5, 5.41) is 62.9. The van der Waals surface area contributed by atoms with Crippen LogP contribution in [0.3, 0.4) is 0 Å². The van der Waals surface area contributed by atoms with Crippen LogP contribution in [0.5, 0.6) is 0 Å². The summed E-state index contributed by atoms with van der Waals surface area (Å²) in [5.74, 6) is -7.04. The van der Waals surface area contributed by atoms with Crippen LogP contribution in [0.15, 0.2) is 36.4 Å². The number of carbonyl (C=O) groups excluding carboxylic acids is 6. The van der Waals surface area contributed by atoms with Gasteiger partial charge in [0.15, 0.2) is 0 Å². The molecule has 66 heavy (non-hydrogen) atoms. The van der Waals surface area contributed by atoms with Crippen LogP contribution in [0.2, 0.25) is 5.02 Å². The first-order chi connectivity index (χ1) is 31.6. The molecule has 6 amide bonds. The number of halogens is 1. The van der Waals surface area contributed by atoms with Gasteiger partial charge in [-0.1, -0.05) is 30.2 Å². The lowest BCUT2D eigenvalue weighted by Gasteiger charge is -2.46. The number of aliphatic carboxylic acids is 1. The molecule has 2 aliphatic rings. The van der Waals surface area contributed by atoms with Gasteiger partial charge in [-0.2, -0.15) is 0 Å². The fourth-order valence-corrected chi connectivity index (χ4v) is 6.61. The molecule has 0 bridgehead atoms. The molecule has 0 aromatic heterocycles. The highest BCUT2D eigenvalue weighted by molar-refractivity contribution is 6.30. The predicted molar refractivity (Wildman–Crippen MR) is 229 cm³/mol. The number of benzene rings is 1. The summed E-state index contributed by atoms with van der Waals surface area (Å²) >= 11 is 5.87. The van der Waals surface area contributed by atoms with Crippen LogP contribution in [-0.2, 0) is 68.4 Å². The largest absolute Gasteiger partial charge is 0.477 e. The smallest absolute Gasteiger partial charge is 0.364 e. The van der Waals surface area contributed by atoms with E-state index >= 15 is 0 Å². The number of carboxylic acids is 1. The Labute approximate surface area is 386 Å². The van der Waals surface area contributed by atoms with E-state index in [4.69, 9.17) is 40.0 Å². The van der Waals surface area contributed by atoms with Gasteiger partial charge < -0.3 is 75.2 Å². The van der Waals surface area contributed by atoms with Gasteiger partial charge in [0.05, 0.1) is 84.1 Å². The van der Waals surface area contributed by atoms with E-state index in [9.17, 15) is 59.1 Å². The number of hydrogen-bond donors (Lipinski definition) is 9. The van der Waals surface area contributed by atoms with Gasteiger partial charge in [0.1, 0.15) is 18.8 Å². The molecular formula is C42H62ClN5O18. The van der Waals surface area contributed by atoms with Crippen molar-refractivity contribution in [2.24, 2.45) is 0 Å². The molecule has 24 heteroatoms. The Morgan fingerprint density at radius 2 is 1.32 bits per heavy atom. The van der Waals surface area contributed by atoms with Gasteiger partial charge in [-0.15, -0.1) is 0 Å². The molecular weight excluding hydrogens is 898 g/mol. The van der Waals surface area contributed by atoms with Gasteiger partial charge in [-0.3, -0.25) is 33.7 Å². The minimum atomic E-state index is -2.51. The van der Waals surface area contributed by atoms with E-state index in [0.717, 1.165) is 4.90 Å². The zero-order valence-corrected chi connectivity index (χ0v) is 37.3. The topological polar surface area (TPSA) is 327 Å². The number of carboxylic acid groups (broad SMARTS) is 1. The summed E-state index contributed by atoms with van der Waals surface area (Å²) in [5.41, 5.74) is 0.622. The number of imide groups is 1. The van der Waals surface area contributed by atoms with Gasteiger partial charge in [0, 0.05) is 62.6 Å². The van der Waals surface area contributed by atoms with Crippen molar-refractivity contribution in [2.75, 3.05) is 92.2 Å². The van der Waals surface area contributed by atoms with E-state index in [2.05, 4.69) is 21.3 Å². The number of carbonyl (C=O) groups is 7. The number of rotatable bonds is 34. The number of aliphatic hydroxyl groups is 4. The fraction of sp³-hybridized carbons (Fsp3) is 0.643. The van der Waals surface area contributed by atoms with Gasteiger partial charge in [-0.25, -0.2) is 4.79 Å². The summed E-state index contributed by atoms with van der Waals surface area (Å²) < 4.78 is 33.0. The number of ether oxygens (including phenoxy) is 6. The second-order valence-corrected chi connectivity index (χ2v) is 15.5. The molecule has 370 valence electrons. The Kier molecular flexibility index (Phi) is 25.8. The SMILES string of the molecule is O=C(CCCCCO[C@]1(C(=O)O)C[C@H](O)[C@@H](NC(=O)CO)[C@H]([C@H](O)[C@H](O)CNC(=O)Cc2ccc(Cl)cc2)O1)NCCOCCOCCOCCOCCNC(=O)CCN1C(=O)C=CC1=O. The van der Waals surface area contributed by atoms with Crippen LogP contribution in [0, 0.1) is 0 Å². The maximum absolute atomic E-state index is 12.5. The minimum absolute atomic E-state index is 0.00667. The van der Waals surface area contributed by atoms with E-state index in [0.29, 0.717) is 63.1 Å². The van der Waals surface area contributed by atoms with Crippen molar-refractivity contribution in [1.29, 1.82) is 0 Å². The van der Waals surface area contributed by atoms with E-state index in [1.54, 1.807) is 24.3 Å². The second kappa shape index (κ2) is 30.6. The second-order valence-electron chi connectivity index (χ2n) is 15.0. The molecule has 6 atom stereocenters. The maximum Gasteiger partial charge on any atom is 0.364 e. The van der Waals surface area contributed by atoms with E-state index in [1.165, 1.54) is 12.2 Å². The molecule has 1 aromatic carbocycles. The van der Waals surface area contributed by atoms with Gasteiger partial charge in [0.2, 0.25) is 23.6 Å². The average molecular weight is 960 g/mol. The van der Waals surface area contributed by atoms with Crippen molar-refractivity contribution in [3.8, 4) is 0 Å². The first-order valence-electron chi connectivity index (χ1n) is 21.5. The van der Waals surface area contributed by atoms with Gasteiger partial charge in [-0.05, 0) is 30.5 Å². The van der Waals surface area contributed by atoms with Crippen molar-refractivity contribution in [1.82, 2.24) is 26.2 Å². The highest BCUT2D eigenvalue weighted by Crippen LogP contribution is 2.34. The summed E-state index contributed by atoms with van der Waals surface area (Å²) in [7, 11) is 0. The number of aliphatic hydroxyl groups excluding tert-OH is 4. The molecule has 0 unspecified atom stereocenters. The molecule has 2 aliphatic heterocycles. The van der Waals surface area contributed by atoms with Crippen LogP contribution in [-0.4, -0.2) is 200 Å². The normalized spacial score (nSPS) is 20.2. The average Bonchev–Trinajstić information content (AvgIpc) is 3.62. The highest BCUT2D eigenvalue weighted by atomic mass is 35.5. The lowest BCUT2D eigenvalue weighted by Crippen LogP contribution is -2.68. The Hall–Kier alpha value is -4.66. The Morgan fingerprint density at radius 1 is 0.758 bits per heavy atom. The van der Waals surface area contributed by atoms with Crippen molar-refractivity contribution in [3.05, 3.63) is 47.0 Å². The molecule has 1 aromatic rings. The number of hydrogen-bond acceptors (Lipinski definition) is 17. The molecule has 0 aliphatic carbocycles. The standard InChI is InChI=1S/C42H62ClN5O18/c43-29-7-5-28(6-8-29)24-34(54)46-26-31(51)39(58)40-38(47-35(55)27-49)30(50)25-42(66-40,41(59)60)65-15-3-1-2-4-32(52)44-12-16-61-18-20-63-22-23-64-21-19-62-17-13-45-33(53)11-14-48-36(56)9-10-37(48)57/h5-10,30-31,38-40,49-51,58H,1-4,11-27H2,(H,44,52)(H,45,53)(H,46,54)(H,47,55)(H,59,60)/t30-,31+,38+,39+,40+,42+/m0/s1. The molecule has 2 heterocycles. The number of unbranched alkanes of at least 4 members (excludes halogenated alkanes) is 2. The molecule has 1 fully saturated rings. The fourth-order valence-electron chi connectivity index (χ4n) is 6.49. The van der Waals surface area contributed by atoms with Crippen molar-refractivity contribution in [3.63, 3.8) is 0 Å². The van der Waals surface area contributed by atoms with E-state index in [-0.39, 0.29) is 77.0 Å². The third kappa shape index (κ3) is 20.5. The summed E-state index contributed by atoms with van der Waals surface area (Å²) in [4.78, 5) is 85.2. The quantitative estimate of drug-likeness (QED) is 0.0251. The Bertz CT molecular complexity index is 1720. The predicted octanol–water partition coefficient (Wildman–Crippen LogP) is -2.68. The summed E-state index contributed by atoms with van der Waals surface area (Å²) in [6, 6.07) is 4.98.